The first-order valence-corrected chi connectivity index (χ1v) is 3.14. The van der Waals surface area contributed by atoms with E-state index in [1.165, 1.54) is 0 Å². The molecule has 1 unspecified atom stereocenters. The van der Waals surface area contributed by atoms with Gasteiger partial charge in [0.15, 0.2) is 0 Å². The summed E-state index contributed by atoms with van der Waals surface area (Å²) in [4.78, 5) is 0. The van der Waals surface area contributed by atoms with Gasteiger partial charge in [-0.2, -0.15) is 0 Å². The van der Waals surface area contributed by atoms with Crippen molar-refractivity contribution in [1.82, 2.24) is 5.32 Å². The second kappa shape index (κ2) is 5.04. The molecule has 1 nitrogen and oxygen atoms in total. The molecule has 0 aliphatic heterocycles. The molecule has 0 spiro atoms. The zero-order valence-electron chi connectivity index (χ0n) is 5.58. The first-order chi connectivity index (χ1) is 3.85. The Kier molecular flexibility index (Phi) is 4.97. The lowest BCUT2D eigenvalue weighted by Gasteiger charge is -2.09. The van der Waals surface area contributed by atoms with Crippen LogP contribution in [0.2, 0.25) is 0 Å². The normalized spacial score (nSPS) is 13.9. The molecule has 0 radical (unpaired) electrons. The monoisotopic (exact) mass is 119 g/mol. The highest BCUT2D eigenvalue weighted by Crippen LogP contribution is 1.89. The van der Waals surface area contributed by atoms with E-state index in [0.29, 0.717) is 0 Å². The third kappa shape index (κ3) is 2.97. The van der Waals surface area contributed by atoms with Crippen LogP contribution in [0.5, 0.6) is 0 Å². The van der Waals surface area contributed by atoms with Crippen LogP contribution in [0, 0.1) is 0 Å². The Morgan fingerprint density at radius 3 is 2.25 bits per heavy atom. The Morgan fingerprint density at radius 2 is 2.12 bits per heavy atom. The molecule has 1 atom stereocenters. The second-order valence-corrected chi connectivity index (χ2v) is 1.82. The Morgan fingerprint density at radius 1 is 1.50 bits per heavy atom. The van der Waals surface area contributed by atoms with E-state index >= 15 is 0 Å². The molecule has 8 heavy (non-hydrogen) atoms. The number of hydrogen-bond donors (Lipinski definition) is 1. The molecule has 1 N–H and O–H groups in total. The highest BCUT2D eigenvalue weighted by molar-refractivity contribution is 4.59. The number of hydrogen-bond acceptors (Lipinski definition) is 1. The maximum atomic E-state index is 11.8. The van der Waals surface area contributed by atoms with Gasteiger partial charge >= 0.3 is 0 Å². The molecule has 0 aliphatic rings. The second-order valence-electron chi connectivity index (χ2n) is 1.82. The maximum Gasteiger partial charge on any atom is 0.105 e. The minimum Gasteiger partial charge on any atom is -0.312 e. The SMILES string of the molecule is CCNC(CC)CF. The van der Waals surface area contributed by atoms with Gasteiger partial charge in [0.2, 0.25) is 0 Å². The van der Waals surface area contributed by atoms with Crippen LogP contribution >= 0.6 is 0 Å². The van der Waals surface area contributed by atoms with E-state index in [4.69, 9.17) is 0 Å². The van der Waals surface area contributed by atoms with Crippen LogP contribution in [-0.2, 0) is 0 Å². The largest absolute Gasteiger partial charge is 0.312 e. The van der Waals surface area contributed by atoms with Crippen LogP contribution < -0.4 is 5.32 Å². The number of halogens is 1. The van der Waals surface area contributed by atoms with E-state index in [-0.39, 0.29) is 12.7 Å². The van der Waals surface area contributed by atoms with E-state index in [2.05, 4.69) is 5.32 Å². The standard InChI is InChI=1S/C6H14FN/c1-3-6(5-7)8-4-2/h6,8H,3-5H2,1-2H3. The van der Waals surface area contributed by atoms with Gasteiger partial charge in [-0.25, -0.2) is 4.39 Å². The van der Waals surface area contributed by atoms with Crippen LogP contribution in [0.25, 0.3) is 0 Å². The molecule has 0 aromatic heterocycles. The molecule has 0 saturated heterocycles. The average Bonchev–Trinajstić information content (AvgIpc) is 1.83. The van der Waals surface area contributed by atoms with Gasteiger partial charge in [-0.3, -0.25) is 0 Å². The topological polar surface area (TPSA) is 12.0 Å². The molecule has 0 aromatic rings. The van der Waals surface area contributed by atoms with Crippen molar-refractivity contribution in [2.45, 2.75) is 26.3 Å². The molecular weight excluding hydrogens is 105 g/mol. The van der Waals surface area contributed by atoms with Crippen LogP contribution in [0.15, 0.2) is 0 Å². The Bertz CT molecular complexity index is 43.8. The van der Waals surface area contributed by atoms with Crippen molar-refractivity contribution in [2.24, 2.45) is 0 Å². The summed E-state index contributed by atoms with van der Waals surface area (Å²) in [5.74, 6) is 0. The van der Waals surface area contributed by atoms with Crippen LogP contribution in [0.4, 0.5) is 4.39 Å². The zero-order valence-corrected chi connectivity index (χ0v) is 5.58. The molecule has 0 heterocycles. The molecule has 0 aliphatic carbocycles. The summed E-state index contributed by atoms with van der Waals surface area (Å²) in [5.41, 5.74) is 0. The summed E-state index contributed by atoms with van der Waals surface area (Å²) in [7, 11) is 0. The van der Waals surface area contributed by atoms with Crippen molar-refractivity contribution >= 4 is 0 Å². The summed E-state index contributed by atoms with van der Waals surface area (Å²) in [6.45, 7) is 4.58. The van der Waals surface area contributed by atoms with Crippen molar-refractivity contribution in [3.8, 4) is 0 Å². The fourth-order valence-electron chi connectivity index (χ4n) is 0.597. The van der Waals surface area contributed by atoms with Crippen molar-refractivity contribution < 1.29 is 4.39 Å². The molecule has 0 saturated carbocycles. The van der Waals surface area contributed by atoms with Crippen molar-refractivity contribution in [3.63, 3.8) is 0 Å². The van der Waals surface area contributed by atoms with Crippen LogP contribution in [-0.4, -0.2) is 19.3 Å². The van der Waals surface area contributed by atoms with Crippen molar-refractivity contribution in [3.05, 3.63) is 0 Å². The fourth-order valence-corrected chi connectivity index (χ4v) is 0.597. The number of rotatable bonds is 4. The van der Waals surface area contributed by atoms with Gasteiger partial charge in [0.05, 0.1) is 0 Å². The lowest BCUT2D eigenvalue weighted by atomic mass is 10.2. The van der Waals surface area contributed by atoms with Gasteiger partial charge in [0.25, 0.3) is 0 Å². The quantitative estimate of drug-likeness (QED) is 0.589. The average molecular weight is 119 g/mol. The van der Waals surface area contributed by atoms with Crippen LogP contribution in [0.1, 0.15) is 20.3 Å². The maximum absolute atomic E-state index is 11.8. The minimum atomic E-state index is -0.246. The Balaban J connectivity index is 3.07. The van der Waals surface area contributed by atoms with E-state index in [0.717, 1.165) is 13.0 Å². The lowest BCUT2D eigenvalue weighted by molar-refractivity contribution is 0.372. The molecule has 0 fully saturated rings. The molecular formula is C6H14FN. The van der Waals surface area contributed by atoms with Crippen molar-refractivity contribution in [2.75, 3.05) is 13.2 Å². The molecule has 0 rings (SSSR count). The number of alkyl halides is 1. The first kappa shape index (κ1) is 7.89. The predicted octanol–water partition coefficient (Wildman–Crippen LogP) is 1.34. The Hall–Kier alpha value is -0.110. The van der Waals surface area contributed by atoms with E-state index < -0.39 is 0 Å². The van der Waals surface area contributed by atoms with E-state index in [1.807, 2.05) is 13.8 Å². The predicted molar refractivity (Wildman–Crippen MR) is 33.7 cm³/mol. The van der Waals surface area contributed by atoms with Gasteiger partial charge in [-0.05, 0) is 13.0 Å². The summed E-state index contributed by atoms with van der Waals surface area (Å²) in [6.07, 6.45) is 0.879. The van der Waals surface area contributed by atoms with Gasteiger partial charge in [0.1, 0.15) is 6.67 Å². The third-order valence-corrected chi connectivity index (χ3v) is 1.17. The summed E-state index contributed by atoms with van der Waals surface area (Å²) in [6, 6.07) is 0.0833. The smallest absolute Gasteiger partial charge is 0.105 e. The Labute approximate surface area is 50.3 Å². The minimum absolute atomic E-state index is 0.0833. The third-order valence-electron chi connectivity index (χ3n) is 1.17. The van der Waals surface area contributed by atoms with Gasteiger partial charge < -0.3 is 5.32 Å². The molecule has 2 heteroatoms. The van der Waals surface area contributed by atoms with Crippen molar-refractivity contribution in [1.29, 1.82) is 0 Å². The zero-order chi connectivity index (χ0) is 6.41. The van der Waals surface area contributed by atoms with Gasteiger partial charge in [0, 0.05) is 6.04 Å². The molecule has 0 aromatic carbocycles. The molecule has 50 valence electrons. The first-order valence-electron chi connectivity index (χ1n) is 3.14. The summed E-state index contributed by atoms with van der Waals surface area (Å²) in [5, 5.41) is 3.01. The van der Waals surface area contributed by atoms with E-state index in [9.17, 15) is 4.39 Å². The molecule has 0 bridgehead atoms. The van der Waals surface area contributed by atoms with Gasteiger partial charge in [-0.1, -0.05) is 13.8 Å². The van der Waals surface area contributed by atoms with Gasteiger partial charge in [-0.15, -0.1) is 0 Å². The number of nitrogens with one attached hydrogen (secondary N) is 1. The highest BCUT2D eigenvalue weighted by atomic mass is 19.1. The van der Waals surface area contributed by atoms with E-state index in [1.54, 1.807) is 0 Å². The molecule has 0 amide bonds. The fraction of sp³-hybridized carbons (Fsp3) is 1.00. The van der Waals surface area contributed by atoms with Crippen LogP contribution in [0.3, 0.4) is 0 Å². The summed E-state index contributed by atoms with van der Waals surface area (Å²) < 4.78 is 11.8. The lowest BCUT2D eigenvalue weighted by Crippen LogP contribution is -2.29. The highest BCUT2D eigenvalue weighted by Gasteiger charge is 1.99. The summed E-state index contributed by atoms with van der Waals surface area (Å²) >= 11 is 0.